The molecule has 72 valence electrons. The normalized spacial score (nSPS) is 26.3. The maximum absolute atomic E-state index is 12.2. The van der Waals surface area contributed by atoms with Gasteiger partial charge in [0.25, 0.3) is 5.96 Å². The Labute approximate surface area is 79.6 Å². The van der Waals surface area contributed by atoms with Crippen molar-refractivity contribution in [2.24, 2.45) is 20.9 Å². The highest BCUT2D eigenvalue weighted by molar-refractivity contribution is 9.10. The van der Waals surface area contributed by atoms with Gasteiger partial charge in [0, 0.05) is 6.21 Å². The van der Waals surface area contributed by atoms with Gasteiger partial charge < -0.3 is 5.84 Å². The molecule has 13 heavy (non-hydrogen) atoms. The average Bonchev–Trinajstić information content (AvgIpc) is 2.03. The maximum Gasteiger partial charge on any atom is 0.431 e. The molecule has 0 saturated heterocycles. The summed E-state index contributed by atoms with van der Waals surface area (Å²) in [6.07, 6.45) is -3.47. The lowest BCUT2D eigenvalue weighted by atomic mass is 10.2. The number of guanidine groups is 1. The van der Waals surface area contributed by atoms with Crippen LogP contribution in [0, 0.1) is 0 Å². The van der Waals surface area contributed by atoms with Gasteiger partial charge in [-0.1, -0.05) is 15.9 Å². The molecular weight excluding hydrogens is 253 g/mol. The van der Waals surface area contributed by atoms with Crippen LogP contribution in [0.2, 0.25) is 0 Å². The van der Waals surface area contributed by atoms with E-state index in [2.05, 4.69) is 31.0 Å². The lowest BCUT2D eigenvalue weighted by Gasteiger charge is -2.15. The summed E-state index contributed by atoms with van der Waals surface area (Å²) in [7, 11) is 0. The summed E-state index contributed by atoms with van der Waals surface area (Å²) in [5.41, 5.74) is -1.01. The van der Waals surface area contributed by atoms with Gasteiger partial charge >= 0.3 is 6.18 Å². The predicted octanol–water partition coefficient (Wildman–Crippen LogP) is 1.07. The minimum absolute atomic E-state index is 0.386. The number of nitrogens with zero attached hydrogens (tertiary/aromatic N) is 3. The van der Waals surface area contributed by atoms with E-state index in [1.165, 1.54) is 0 Å². The Balaban J connectivity index is 3.02. The number of hydrogen-bond donors (Lipinski definition) is 1. The molecule has 0 saturated carbocycles. The van der Waals surface area contributed by atoms with Crippen molar-refractivity contribution in [3.63, 3.8) is 0 Å². The highest BCUT2D eigenvalue weighted by Gasteiger charge is 2.40. The molecule has 0 aliphatic carbocycles. The Morgan fingerprint density at radius 2 is 2.15 bits per heavy atom. The summed E-state index contributed by atoms with van der Waals surface area (Å²) >= 11 is 2.75. The first-order valence-corrected chi connectivity index (χ1v) is 3.98. The molecule has 1 aliphatic heterocycles. The van der Waals surface area contributed by atoms with E-state index in [4.69, 9.17) is 5.84 Å². The van der Waals surface area contributed by atoms with Crippen molar-refractivity contribution < 1.29 is 13.2 Å². The van der Waals surface area contributed by atoms with E-state index in [9.17, 15) is 13.2 Å². The number of alkyl halides is 4. The fourth-order valence-electron chi connectivity index (χ4n) is 0.683. The molecule has 0 bridgehead atoms. The van der Waals surface area contributed by atoms with Gasteiger partial charge in [0.1, 0.15) is 5.71 Å². The van der Waals surface area contributed by atoms with Crippen LogP contribution in [-0.2, 0) is 0 Å². The van der Waals surface area contributed by atoms with Gasteiger partial charge in [-0.15, -0.1) is 5.10 Å². The van der Waals surface area contributed by atoms with Crippen LogP contribution in [0.3, 0.4) is 0 Å². The number of hydrogen-bond acceptors (Lipinski definition) is 2. The van der Waals surface area contributed by atoms with E-state index in [1.54, 1.807) is 0 Å². The molecule has 4 nitrogen and oxygen atoms in total. The van der Waals surface area contributed by atoms with Crippen molar-refractivity contribution in [2.45, 2.75) is 11.0 Å². The summed E-state index contributed by atoms with van der Waals surface area (Å²) < 4.78 is 36.5. The average molecular weight is 257 g/mol. The second-order valence-corrected chi connectivity index (χ2v) is 3.09. The maximum atomic E-state index is 12.2. The summed E-state index contributed by atoms with van der Waals surface area (Å²) in [6, 6.07) is 0. The van der Waals surface area contributed by atoms with E-state index in [0.29, 0.717) is 0 Å². The minimum atomic E-state index is -4.50. The molecule has 2 N–H and O–H groups in total. The molecule has 1 heterocycles. The molecule has 1 aliphatic rings. The standard InChI is InChI=1S/C5H4BrF3N4/c6-2-1-11-4(13-10)12-3(2)5(7,8)9/h1-2H,10H2/b13-4+. The van der Waals surface area contributed by atoms with E-state index >= 15 is 0 Å². The van der Waals surface area contributed by atoms with E-state index < -0.39 is 16.7 Å². The van der Waals surface area contributed by atoms with Crippen molar-refractivity contribution in [3.05, 3.63) is 0 Å². The van der Waals surface area contributed by atoms with Crippen LogP contribution in [-0.4, -0.2) is 28.9 Å². The van der Waals surface area contributed by atoms with Gasteiger partial charge in [0.2, 0.25) is 0 Å². The van der Waals surface area contributed by atoms with Crippen LogP contribution in [0.15, 0.2) is 15.1 Å². The Kier molecular flexibility index (Phi) is 2.69. The number of aliphatic imine (C=N–C) groups is 2. The van der Waals surface area contributed by atoms with Gasteiger partial charge in [-0.2, -0.15) is 13.2 Å². The first-order valence-electron chi connectivity index (χ1n) is 3.07. The zero-order valence-corrected chi connectivity index (χ0v) is 7.67. The molecular formula is C5H4BrF3N4. The largest absolute Gasteiger partial charge is 0.431 e. The van der Waals surface area contributed by atoms with Crippen LogP contribution in [0.1, 0.15) is 0 Å². The number of hydrazone groups is 1. The number of rotatable bonds is 0. The SMILES string of the molecule is N/N=C1\N=CC(Br)C(C(F)(F)F)=N1. The molecule has 0 aromatic rings. The quantitative estimate of drug-likeness (QED) is 0.393. The minimum Gasteiger partial charge on any atom is -0.320 e. The third-order valence-corrected chi connectivity index (χ3v) is 1.88. The van der Waals surface area contributed by atoms with Crippen molar-refractivity contribution in [3.8, 4) is 0 Å². The number of halogens is 4. The lowest BCUT2D eigenvalue weighted by molar-refractivity contribution is -0.0593. The van der Waals surface area contributed by atoms with Crippen molar-refractivity contribution in [2.75, 3.05) is 0 Å². The Hall–Kier alpha value is -0.920. The molecule has 0 radical (unpaired) electrons. The molecule has 1 unspecified atom stereocenters. The van der Waals surface area contributed by atoms with Gasteiger partial charge in [-0.05, 0) is 0 Å². The molecule has 0 fully saturated rings. The zero-order chi connectivity index (χ0) is 10.1. The van der Waals surface area contributed by atoms with Crippen molar-refractivity contribution in [1.29, 1.82) is 0 Å². The molecule has 1 rings (SSSR count). The zero-order valence-electron chi connectivity index (χ0n) is 6.09. The van der Waals surface area contributed by atoms with Crippen molar-refractivity contribution >= 4 is 33.8 Å². The summed E-state index contributed by atoms with van der Waals surface area (Å²) in [5, 5.41) is 2.96. The van der Waals surface area contributed by atoms with Crippen LogP contribution in [0.4, 0.5) is 13.2 Å². The molecule has 8 heteroatoms. The van der Waals surface area contributed by atoms with Crippen LogP contribution < -0.4 is 5.84 Å². The predicted molar refractivity (Wildman–Crippen MR) is 46.3 cm³/mol. The molecule has 0 amide bonds. The third-order valence-electron chi connectivity index (χ3n) is 1.21. The molecule has 0 aromatic carbocycles. The van der Waals surface area contributed by atoms with Crippen LogP contribution in [0.5, 0.6) is 0 Å². The Morgan fingerprint density at radius 3 is 2.62 bits per heavy atom. The second-order valence-electron chi connectivity index (χ2n) is 2.10. The third kappa shape index (κ3) is 2.27. The van der Waals surface area contributed by atoms with Gasteiger partial charge in [0.15, 0.2) is 0 Å². The second kappa shape index (κ2) is 3.44. The Morgan fingerprint density at radius 1 is 1.54 bits per heavy atom. The first kappa shape index (κ1) is 10.2. The van der Waals surface area contributed by atoms with Crippen molar-refractivity contribution in [1.82, 2.24) is 0 Å². The topological polar surface area (TPSA) is 63.1 Å². The molecule has 0 aromatic heterocycles. The first-order chi connectivity index (χ1) is 5.95. The Bertz CT molecular complexity index is 293. The van der Waals surface area contributed by atoms with E-state index in [1.807, 2.05) is 0 Å². The molecule has 0 spiro atoms. The lowest BCUT2D eigenvalue weighted by Crippen LogP contribution is -2.35. The highest BCUT2D eigenvalue weighted by atomic mass is 79.9. The monoisotopic (exact) mass is 256 g/mol. The summed E-state index contributed by atoms with van der Waals surface area (Å²) in [5.74, 6) is 4.35. The summed E-state index contributed by atoms with van der Waals surface area (Å²) in [4.78, 5) is 5.54. The fraction of sp³-hybridized carbons (Fsp3) is 0.400. The van der Waals surface area contributed by atoms with Crippen LogP contribution in [0.25, 0.3) is 0 Å². The highest BCUT2D eigenvalue weighted by Crippen LogP contribution is 2.24. The number of nitrogens with two attached hydrogens (primary N) is 1. The van der Waals surface area contributed by atoms with E-state index in [0.717, 1.165) is 6.21 Å². The van der Waals surface area contributed by atoms with Gasteiger partial charge in [-0.25, -0.2) is 9.98 Å². The van der Waals surface area contributed by atoms with Crippen LogP contribution >= 0.6 is 15.9 Å². The van der Waals surface area contributed by atoms with Gasteiger partial charge in [0.05, 0.1) is 4.83 Å². The summed E-state index contributed by atoms with van der Waals surface area (Å²) in [6.45, 7) is 0. The molecule has 1 atom stereocenters. The van der Waals surface area contributed by atoms with E-state index in [-0.39, 0.29) is 5.96 Å². The smallest absolute Gasteiger partial charge is 0.320 e. The fourth-order valence-corrected chi connectivity index (χ4v) is 1.16. The van der Waals surface area contributed by atoms with Gasteiger partial charge in [-0.3, -0.25) is 0 Å².